The lowest BCUT2D eigenvalue weighted by Crippen LogP contribution is -2.49. The summed E-state index contributed by atoms with van der Waals surface area (Å²) < 4.78 is 36.9. The van der Waals surface area contributed by atoms with Crippen molar-refractivity contribution in [2.45, 2.75) is 68.1 Å². The molecule has 1 aromatic rings. The number of Topliss-reactive ketones (excluding diaryl/α,β-unsaturated/α-hetero) is 1. The lowest BCUT2D eigenvalue weighted by Gasteiger charge is -2.30. The highest BCUT2D eigenvalue weighted by Gasteiger charge is 2.50. The SMILES string of the molecule is O=C1COC2CCN(C(=O)C(CC3CCCCC3)S(=O)(=O)Cc3ccoc3)C12. The second-order valence-electron chi connectivity index (χ2n) is 8.25. The largest absolute Gasteiger partial charge is 0.472 e. The minimum Gasteiger partial charge on any atom is -0.472 e. The monoisotopic (exact) mass is 409 g/mol. The molecule has 3 aliphatic rings. The molecule has 0 aromatic carbocycles. The number of rotatable bonds is 6. The molecule has 2 aliphatic heterocycles. The Morgan fingerprint density at radius 1 is 1.21 bits per heavy atom. The maximum absolute atomic E-state index is 13.4. The van der Waals surface area contributed by atoms with Crippen LogP contribution in [0, 0.1) is 5.92 Å². The molecular weight excluding hydrogens is 382 g/mol. The summed E-state index contributed by atoms with van der Waals surface area (Å²) in [5.74, 6) is -0.547. The van der Waals surface area contributed by atoms with Crippen LogP contribution in [0.15, 0.2) is 23.0 Å². The third-order valence-corrected chi connectivity index (χ3v) is 8.32. The van der Waals surface area contributed by atoms with E-state index in [2.05, 4.69) is 0 Å². The van der Waals surface area contributed by atoms with Crippen molar-refractivity contribution in [1.29, 1.82) is 0 Å². The van der Waals surface area contributed by atoms with Crippen LogP contribution in [0.25, 0.3) is 0 Å². The molecule has 154 valence electrons. The maximum Gasteiger partial charge on any atom is 0.241 e. The van der Waals surface area contributed by atoms with Crippen molar-refractivity contribution in [3.8, 4) is 0 Å². The van der Waals surface area contributed by atoms with Crippen LogP contribution in [0.2, 0.25) is 0 Å². The quantitative estimate of drug-likeness (QED) is 0.714. The Labute approximate surface area is 165 Å². The zero-order valence-electron chi connectivity index (χ0n) is 15.9. The van der Waals surface area contributed by atoms with E-state index in [4.69, 9.17) is 9.15 Å². The number of likely N-dealkylation sites (tertiary alicyclic amines) is 1. The van der Waals surface area contributed by atoms with Gasteiger partial charge in [-0.25, -0.2) is 8.42 Å². The first-order valence-corrected chi connectivity index (χ1v) is 11.8. The van der Waals surface area contributed by atoms with Crippen LogP contribution in [0.1, 0.15) is 50.5 Å². The van der Waals surface area contributed by atoms with E-state index in [-0.39, 0.29) is 30.2 Å². The molecule has 2 saturated heterocycles. The number of hydrogen-bond acceptors (Lipinski definition) is 6. The summed E-state index contributed by atoms with van der Waals surface area (Å²) in [4.78, 5) is 27.1. The second-order valence-corrected chi connectivity index (χ2v) is 10.4. The highest BCUT2D eigenvalue weighted by atomic mass is 32.2. The Morgan fingerprint density at radius 2 is 2.00 bits per heavy atom. The van der Waals surface area contributed by atoms with Crippen LogP contribution in [0.3, 0.4) is 0 Å². The number of carbonyl (C=O) groups excluding carboxylic acids is 2. The molecule has 3 unspecified atom stereocenters. The van der Waals surface area contributed by atoms with Gasteiger partial charge in [0.05, 0.1) is 24.4 Å². The smallest absolute Gasteiger partial charge is 0.241 e. The molecule has 4 rings (SSSR count). The van der Waals surface area contributed by atoms with E-state index in [0.29, 0.717) is 24.9 Å². The van der Waals surface area contributed by atoms with Crippen LogP contribution in [-0.2, 0) is 29.9 Å². The van der Waals surface area contributed by atoms with Crippen molar-refractivity contribution in [2.75, 3.05) is 13.2 Å². The molecule has 0 spiro atoms. The number of fused-ring (bicyclic) bond motifs is 1. The number of sulfone groups is 1. The number of amides is 1. The van der Waals surface area contributed by atoms with Crippen molar-refractivity contribution < 1.29 is 27.2 Å². The van der Waals surface area contributed by atoms with E-state index < -0.39 is 27.0 Å². The third kappa shape index (κ3) is 3.89. The number of furan rings is 1. The zero-order chi connectivity index (χ0) is 19.7. The Hall–Kier alpha value is -1.67. The van der Waals surface area contributed by atoms with Gasteiger partial charge in [0.1, 0.15) is 17.9 Å². The predicted octanol–water partition coefficient (Wildman–Crippen LogP) is 2.10. The normalized spacial score (nSPS) is 27.1. The number of ether oxygens (including phenoxy) is 1. The molecule has 1 aliphatic carbocycles. The zero-order valence-corrected chi connectivity index (χ0v) is 16.7. The summed E-state index contributed by atoms with van der Waals surface area (Å²) in [5.41, 5.74) is 0.543. The van der Waals surface area contributed by atoms with E-state index in [1.165, 1.54) is 23.8 Å². The summed E-state index contributed by atoms with van der Waals surface area (Å²) in [5, 5.41) is -1.11. The van der Waals surface area contributed by atoms with Gasteiger partial charge in [-0.15, -0.1) is 0 Å². The molecular formula is C20H27NO6S. The van der Waals surface area contributed by atoms with Crippen molar-refractivity contribution in [3.63, 3.8) is 0 Å². The highest BCUT2D eigenvalue weighted by Crippen LogP contribution is 2.33. The lowest BCUT2D eigenvalue weighted by atomic mass is 9.86. The Kier molecular flexibility index (Phi) is 5.60. The summed E-state index contributed by atoms with van der Waals surface area (Å²) in [6, 6.07) is 0.991. The fraction of sp³-hybridized carbons (Fsp3) is 0.700. The third-order valence-electron chi connectivity index (χ3n) is 6.32. The molecule has 1 aromatic heterocycles. The van der Waals surface area contributed by atoms with Crippen LogP contribution in [-0.4, -0.2) is 55.6 Å². The highest BCUT2D eigenvalue weighted by molar-refractivity contribution is 7.92. The topological polar surface area (TPSA) is 93.9 Å². The fourth-order valence-electron chi connectivity index (χ4n) is 4.86. The number of nitrogens with zero attached hydrogens (tertiary/aromatic N) is 1. The van der Waals surface area contributed by atoms with Crippen molar-refractivity contribution >= 4 is 21.5 Å². The van der Waals surface area contributed by atoms with Crippen molar-refractivity contribution in [2.24, 2.45) is 5.92 Å². The summed E-state index contributed by atoms with van der Waals surface area (Å²) >= 11 is 0. The second kappa shape index (κ2) is 7.99. The molecule has 0 radical (unpaired) electrons. The summed E-state index contributed by atoms with van der Waals surface area (Å²) in [6.45, 7) is 0.385. The van der Waals surface area contributed by atoms with Gasteiger partial charge < -0.3 is 14.1 Å². The summed E-state index contributed by atoms with van der Waals surface area (Å²) in [6.07, 6.45) is 8.70. The van der Waals surface area contributed by atoms with Gasteiger partial charge >= 0.3 is 0 Å². The molecule has 28 heavy (non-hydrogen) atoms. The van der Waals surface area contributed by atoms with Gasteiger partial charge in [0.2, 0.25) is 5.91 Å². The molecule has 7 nitrogen and oxygen atoms in total. The van der Waals surface area contributed by atoms with E-state index in [1.807, 2.05) is 0 Å². The minimum atomic E-state index is -3.73. The molecule has 1 saturated carbocycles. The van der Waals surface area contributed by atoms with E-state index >= 15 is 0 Å². The maximum atomic E-state index is 13.4. The average Bonchev–Trinajstić information content (AvgIpc) is 3.40. The lowest BCUT2D eigenvalue weighted by molar-refractivity contribution is -0.136. The Morgan fingerprint density at radius 3 is 2.71 bits per heavy atom. The van der Waals surface area contributed by atoms with E-state index in [9.17, 15) is 18.0 Å². The van der Waals surface area contributed by atoms with Crippen LogP contribution < -0.4 is 0 Å². The first-order valence-electron chi connectivity index (χ1n) is 10.1. The number of hydrogen-bond donors (Lipinski definition) is 0. The first-order chi connectivity index (χ1) is 13.5. The predicted molar refractivity (Wildman–Crippen MR) is 101 cm³/mol. The van der Waals surface area contributed by atoms with E-state index in [0.717, 1.165) is 25.7 Å². The van der Waals surface area contributed by atoms with Crippen LogP contribution >= 0.6 is 0 Å². The molecule has 1 amide bonds. The van der Waals surface area contributed by atoms with Gasteiger partial charge in [-0.05, 0) is 24.8 Å². The van der Waals surface area contributed by atoms with Crippen molar-refractivity contribution in [1.82, 2.24) is 4.90 Å². The molecule has 3 fully saturated rings. The summed E-state index contributed by atoms with van der Waals surface area (Å²) in [7, 11) is -3.73. The molecule has 8 heteroatoms. The van der Waals surface area contributed by atoms with Crippen LogP contribution in [0.4, 0.5) is 0 Å². The van der Waals surface area contributed by atoms with Gasteiger partial charge in [-0.3, -0.25) is 9.59 Å². The Bertz CT molecular complexity index is 812. The Balaban J connectivity index is 1.58. The first kappa shape index (κ1) is 19.6. The standard InChI is InChI=1S/C20H27NO6S/c22-16-12-27-17-6-8-21(19(16)17)20(23)18(10-14-4-2-1-3-5-14)28(24,25)13-15-7-9-26-11-15/h7,9,11,14,17-19H,1-6,8,10,12-13H2. The average molecular weight is 410 g/mol. The van der Waals surface area contributed by atoms with Gasteiger partial charge in [-0.1, -0.05) is 32.1 Å². The van der Waals surface area contributed by atoms with Crippen LogP contribution in [0.5, 0.6) is 0 Å². The molecule has 0 bridgehead atoms. The van der Waals surface area contributed by atoms with Gasteiger partial charge in [-0.2, -0.15) is 0 Å². The number of carbonyl (C=O) groups is 2. The fourth-order valence-corrected chi connectivity index (χ4v) is 6.70. The van der Waals surface area contributed by atoms with Gasteiger partial charge in [0, 0.05) is 12.1 Å². The minimum absolute atomic E-state index is 0.00811. The number of ketones is 1. The molecule has 3 atom stereocenters. The molecule has 0 N–H and O–H groups in total. The van der Waals surface area contributed by atoms with Gasteiger partial charge in [0.15, 0.2) is 15.6 Å². The van der Waals surface area contributed by atoms with Crippen molar-refractivity contribution in [3.05, 3.63) is 24.2 Å². The van der Waals surface area contributed by atoms with Gasteiger partial charge in [0.25, 0.3) is 0 Å². The van der Waals surface area contributed by atoms with E-state index in [1.54, 1.807) is 6.07 Å². The molecule has 3 heterocycles.